The van der Waals surface area contributed by atoms with E-state index >= 15 is 0 Å². The molecular formula is C15H15F3N4O2. The van der Waals surface area contributed by atoms with E-state index in [4.69, 9.17) is 0 Å². The van der Waals surface area contributed by atoms with Gasteiger partial charge in [-0.1, -0.05) is 6.07 Å². The lowest BCUT2D eigenvalue weighted by Crippen LogP contribution is -2.25. The molecule has 0 saturated heterocycles. The van der Waals surface area contributed by atoms with E-state index in [9.17, 15) is 22.8 Å². The lowest BCUT2D eigenvalue weighted by atomic mass is 10.2. The number of carbonyl (C=O) groups is 2. The molecule has 1 heterocycles. The highest BCUT2D eigenvalue weighted by atomic mass is 19.4. The van der Waals surface area contributed by atoms with Gasteiger partial charge in [0, 0.05) is 19.9 Å². The first-order valence-electron chi connectivity index (χ1n) is 7.02. The number of anilines is 1. The molecule has 1 aromatic carbocycles. The number of nitrogens with zero attached hydrogens (tertiary/aromatic N) is 2. The van der Waals surface area contributed by atoms with Crippen molar-refractivity contribution in [3.8, 4) is 5.69 Å². The zero-order valence-corrected chi connectivity index (χ0v) is 12.7. The van der Waals surface area contributed by atoms with Crippen molar-refractivity contribution in [2.75, 3.05) is 11.9 Å². The summed E-state index contributed by atoms with van der Waals surface area (Å²) >= 11 is 0. The molecule has 0 spiro atoms. The van der Waals surface area contributed by atoms with Crippen LogP contribution in [-0.2, 0) is 15.8 Å². The lowest BCUT2D eigenvalue weighted by molar-refractivity contribution is -0.137. The Kier molecular flexibility index (Phi) is 5.22. The molecule has 2 N–H and O–H groups in total. The number of amides is 2. The van der Waals surface area contributed by atoms with Gasteiger partial charge in [-0.2, -0.15) is 18.3 Å². The highest BCUT2D eigenvalue weighted by Gasteiger charge is 2.30. The highest BCUT2D eigenvalue weighted by Crippen LogP contribution is 2.30. The normalized spacial score (nSPS) is 11.2. The molecule has 0 unspecified atom stereocenters. The van der Waals surface area contributed by atoms with Crippen LogP contribution in [0, 0.1) is 0 Å². The van der Waals surface area contributed by atoms with Gasteiger partial charge in [0.2, 0.25) is 11.8 Å². The van der Waals surface area contributed by atoms with Gasteiger partial charge < -0.3 is 10.6 Å². The monoisotopic (exact) mass is 340 g/mol. The molecule has 2 amide bonds. The molecule has 6 nitrogen and oxygen atoms in total. The summed E-state index contributed by atoms with van der Waals surface area (Å²) in [7, 11) is 0. The molecule has 0 aliphatic carbocycles. The van der Waals surface area contributed by atoms with Gasteiger partial charge in [0.25, 0.3) is 0 Å². The van der Waals surface area contributed by atoms with E-state index in [2.05, 4.69) is 15.7 Å². The Morgan fingerprint density at radius 2 is 2.04 bits per heavy atom. The molecule has 24 heavy (non-hydrogen) atoms. The summed E-state index contributed by atoms with van der Waals surface area (Å²) in [6.07, 6.45) is -1.62. The van der Waals surface area contributed by atoms with Crippen LogP contribution in [0.1, 0.15) is 18.9 Å². The first kappa shape index (κ1) is 17.5. The van der Waals surface area contributed by atoms with Crippen molar-refractivity contribution in [3.05, 3.63) is 42.2 Å². The largest absolute Gasteiger partial charge is 0.416 e. The summed E-state index contributed by atoms with van der Waals surface area (Å²) in [5.74, 6) is -0.576. The van der Waals surface area contributed by atoms with Crippen LogP contribution in [0.4, 0.5) is 18.9 Å². The number of hydrogen-bond acceptors (Lipinski definition) is 3. The van der Waals surface area contributed by atoms with Crippen LogP contribution in [0.25, 0.3) is 5.69 Å². The fraction of sp³-hybridized carbons (Fsp3) is 0.267. The van der Waals surface area contributed by atoms with Crippen molar-refractivity contribution in [3.63, 3.8) is 0 Å². The maximum absolute atomic E-state index is 12.7. The first-order valence-corrected chi connectivity index (χ1v) is 7.02. The second kappa shape index (κ2) is 7.16. The van der Waals surface area contributed by atoms with Crippen LogP contribution in [0.2, 0.25) is 0 Å². The van der Waals surface area contributed by atoms with Gasteiger partial charge in [0.15, 0.2) is 0 Å². The molecule has 9 heteroatoms. The number of alkyl halides is 3. The number of rotatable bonds is 5. The molecule has 0 aliphatic rings. The van der Waals surface area contributed by atoms with Gasteiger partial charge in [0.1, 0.15) is 0 Å². The van der Waals surface area contributed by atoms with Gasteiger partial charge in [-0.25, -0.2) is 4.68 Å². The van der Waals surface area contributed by atoms with E-state index in [0.29, 0.717) is 5.69 Å². The fourth-order valence-corrected chi connectivity index (χ4v) is 1.93. The standard InChI is InChI=1S/C15H15F3N4O2/c1-10(23)19-6-5-14(24)21-12-8-20-22(9-12)13-4-2-3-11(7-13)15(16,17)18/h2-4,7-9H,5-6H2,1H3,(H,19,23)(H,21,24). The topological polar surface area (TPSA) is 76.0 Å². The molecule has 2 rings (SSSR count). The van der Waals surface area contributed by atoms with Crippen LogP contribution in [0.5, 0.6) is 0 Å². The summed E-state index contributed by atoms with van der Waals surface area (Å²) in [5, 5.41) is 8.98. The molecule has 0 fully saturated rings. The van der Waals surface area contributed by atoms with Crippen LogP contribution in [-0.4, -0.2) is 28.1 Å². The molecule has 128 valence electrons. The van der Waals surface area contributed by atoms with Gasteiger partial charge in [-0.3, -0.25) is 9.59 Å². The Balaban J connectivity index is 2.03. The SMILES string of the molecule is CC(=O)NCCC(=O)Nc1cnn(-c2cccc(C(F)(F)F)c2)c1. The molecule has 1 aromatic heterocycles. The van der Waals surface area contributed by atoms with Gasteiger partial charge in [0.05, 0.1) is 29.3 Å². The zero-order valence-electron chi connectivity index (χ0n) is 12.7. The zero-order chi connectivity index (χ0) is 17.7. The number of nitrogens with one attached hydrogen (secondary N) is 2. The summed E-state index contributed by atoms with van der Waals surface area (Å²) in [6, 6.07) is 4.70. The van der Waals surface area contributed by atoms with Gasteiger partial charge >= 0.3 is 6.18 Å². The van der Waals surface area contributed by atoms with Crippen LogP contribution in [0.15, 0.2) is 36.7 Å². The van der Waals surface area contributed by atoms with E-state index in [0.717, 1.165) is 12.1 Å². The van der Waals surface area contributed by atoms with E-state index in [1.165, 1.54) is 36.1 Å². The fourth-order valence-electron chi connectivity index (χ4n) is 1.93. The van der Waals surface area contributed by atoms with Crippen molar-refractivity contribution >= 4 is 17.5 Å². The van der Waals surface area contributed by atoms with Crippen molar-refractivity contribution in [2.45, 2.75) is 19.5 Å². The highest BCUT2D eigenvalue weighted by molar-refractivity contribution is 5.90. The Morgan fingerprint density at radius 1 is 1.29 bits per heavy atom. The molecule has 0 bridgehead atoms. The quantitative estimate of drug-likeness (QED) is 0.877. The predicted molar refractivity (Wildman–Crippen MR) is 80.5 cm³/mol. The lowest BCUT2D eigenvalue weighted by Gasteiger charge is -2.08. The van der Waals surface area contributed by atoms with Gasteiger partial charge in [-0.05, 0) is 18.2 Å². The second-order valence-corrected chi connectivity index (χ2v) is 5.00. The molecular weight excluding hydrogens is 325 g/mol. The average molecular weight is 340 g/mol. The molecule has 0 saturated carbocycles. The van der Waals surface area contributed by atoms with Crippen LogP contribution < -0.4 is 10.6 Å². The smallest absolute Gasteiger partial charge is 0.356 e. The molecule has 0 aliphatic heterocycles. The third-order valence-electron chi connectivity index (χ3n) is 3.03. The van der Waals surface area contributed by atoms with Gasteiger partial charge in [-0.15, -0.1) is 0 Å². The van der Waals surface area contributed by atoms with Crippen molar-refractivity contribution < 1.29 is 22.8 Å². The molecule has 0 atom stereocenters. The summed E-state index contributed by atoms with van der Waals surface area (Å²) in [6.45, 7) is 1.54. The second-order valence-electron chi connectivity index (χ2n) is 5.00. The third-order valence-corrected chi connectivity index (χ3v) is 3.03. The summed E-state index contributed by atoms with van der Waals surface area (Å²) in [4.78, 5) is 22.4. The Labute approximate surface area is 135 Å². The van der Waals surface area contributed by atoms with E-state index in [1.54, 1.807) is 0 Å². The number of aromatic nitrogens is 2. The van der Waals surface area contributed by atoms with E-state index in [-0.39, 0.29) is 30.5 Å². The molecule has 0 radical (unpaired) electrons. The number of hydrogen-bond donors (Lipinski definition) is 2. The third kappa shape index (κ3) is 4.83. The number of halogens is 3. The summed E-state index contributed by atoms with van der Waals surface area (Å²) < 4.78 is 39.4. The summed E-state index contributed by atoms with van der Waals surface area (Å²) in [5.41, 5.74) is -0.208. The Hall–Kier alpha value is -2.84. The van der Waals surface area contributed by atoms with E-state index < -0.39 is 11.7 Å². The van der Waals surface area contributed by atoms with Crippen molar-refractivity contribution in [1.82, 2.24) is 15.1 Å². The number of benzene rings is 1. The Morgan fingerprint density at radius 3 is 2.71 bits per heavy atom. The minimum absolute atomic E-state index is 0.0777. The maximum atomic E-state index is 12.7. The van der Waals surface area contributed by atoms with Crippen molar-refractivity contribution in [2.24, 2.45) is 0 Å². The van der Waals surface area contributed by atoms with E-state index in [1.807, 2.05) is 0 Å². The minimum Gasteiger partial charge on any atom is -0.356 e. The Bertz CT molecular complexity index is 740. The van der Waals surface area contributed by atoms with Crippen LogP contribution in [0.3, 0.4) is 0 Å². The van der Waals surface area contributed by atoms with Crippen molar-refractivity contribution in [1.29, 1.82) is 0 Å². The predicted octanol–water partition coefficient (Wildman–Crippen LogP) is 2.36. The minimum atomic E-state index is -4.44. The first-order chi connectivity index (χ1) is 11.3. The average Bonchev–Trinajstić information content (AvgIpc) is 2.94. The molecule has 2 aromatic rings. The van der Waals surface area contributed by atoms with Crippen LogP contribution >= 0.6 is 0 Å². The number of carbonyl (C=O) groups excluding carboxylic acids is 2. The maximum Gasteiger partial charge on any atom is 0.416 e.